The van der Waals surface area contributed by atoms with Gasteiger partial charge in [-0.3, -0.25) is 0 Å². The summed E-state index contributed by atoms with van der Waals surface area (Å²) in [6, 6.07) is 6.50. The molecule has 1 N–H and O–H groups in total. The number of rotatable bonds is 5. The third-order valence-corrected chi connectivity index (χ3v) is 2.67. The fourth-order valence-electron chi connectivity index (χ4n) is 1.45. The molecule has 0 radical (unpaired) electrons. The lowest BCUT2D eigenvalue weighted by atomic mass is 10.1. The zero-order valence-corrected chi connectivity index (χ0v) is 10.7. The van der Waals surface area contributed by atoms with Gasteiger partial charge in [-0.25, -0.2) is 0 Å². The van der Waals surface area contributed by atoms with Gasteiger partial charge in [-0.1, -0.05) is 23.7 Å². The van der Waals surface area contributed by atoms with Crippen molar-refractivity contribution in [2.24, 2.45) is 0 Å². The number of aryl methyl sites for hydroxylation is 1. The summed E-state index contributed by atoms with van der Waals surface area (Å²) in [7, 11) is 1.94. The van der Waals surface area contributed by atoms with Gasteiger partial charge in [0.25, 0.3) is 0 Å². The van der Waals surface area contributed by atoms with Crippen molar-refractivity contribution in [3.05, 3.63) is 40.9 Å². The Bertz CT molecular complexity index is 363. The highest BCUT2D eigenvalue weighted by Crippen LogP contribution is 2.26. The average molecular weight is 240 g/mol. The summed E-state index contributed by atoms with van der Waals surface area (Å²) in [4.78, 5) is 0. The molecule has 0 saturated heterocycles. The van der Waals surface area contributed by atoms with Gasteiger partial charge in [0.1, 0.15) is 12.4 Å². The number of benzene rings is 1. The average Bonchev–Trinajstić information content (AvgIpc) is 2.29. The van der Waals surface area contributed by atoms with Crippen LogP contribution in [0.15, 0.2) is 29.8 Å². The Morgan fingerprint density at radius 1 is 1.50 bits per heavy atom. The van der Waals surface area contributed by atoms with Gasteiger partial charge in [-0.15, -0.1) is 0 Å². The lowest BCUT2D eigenvalue weighted by Crippen LogP contribution is -2.14. The molecule has 1 unspecified atom stereocenters. The van der Waals surface area contributed by atoms with Crippen molar-refractivity contribution in [2.75, 3.05) is 13.7 Å². The van der Waals surface area contributed by atoms with Crippen molar-refractivity contribution in [1.82, 2.24) is 5.32 Å². The Morgan fingerprint density at radius 3 is 2.88 bits per heavy atom. The third kappa shape index (κ3) is 3.54. The first-order chi connectivity index (χ1) is 7.69. The molecule has 0 aliphatic heterocycles. The van der Waals surface area contributed by atoms with Crippen LogP contribution < -0.4 is 10.1 Å². The van der Waals surface area contributed by atoms with E-state index in [1.165, 1.54) is 11.1 Å². The van der Waals surface area contributed by atoms with Gasteiger partial charge in [0.05, 0.1) is 0 Å². The van der Waals surface area contributed by atoms with E-state index in [0.717, 1.165) is 11.3 Å². The first-order valence-corrected chi connectivity index (χ1v) is 5.78. The minimum Gasteiger partial charge on any atom is -0.489 e. The Kier molecular flexibility index (Phi) is 5.36. The van der Waals surface area contributed by atoms with Crippen molar-refractivity contribution in [3.8, 4) is 5.75 Å². The van der Waals surface area contributed by atoms with Gasteiger partial charge in [-0.2, -0.15) is 0 Å². The first-order valence-electron chi connectivity index (χ1n) is 5.35. The Labute approximate surface area is 102 Å². The molecule has 0 spiro atoms. The number of halogens is 1. The molecule has 0 aromatic heterocycles. The summed E-state index contributed by atoms with van der Waals surface area (Å²) in [5, 5.41) is 3.21. The SMILES string of the molecule is CNC(C)c1ccc(C)cc1OCC=CCl. The molecule has 1 atom stereocenters. The standard InChI is InChI=1S/C13H18ClNO/c1-10-5-6-12(11(2)15-3)13(9-10)16-8-4-7-14/h4-7,9,11,15H,8H2,1-3H3. The van der Waals surface area contributed by atoms with E-state index in [-0.39, 0.29) is 6.04 Å². The Hall–Kier alpha value is -0.990. The van der Waals surface area contributed by atoms with E-state index in [1.54, 1.807) is 6.08 Å². The van der Waals surface area contributed by atoms with Crippen LogP contribution in [0.5, 0.6) is 5.75 Å². The van der Waals surface area contributed by atoms with Crippen LogP contribution in [0.4, 0.5) is 0 Å². The molecule has 0 amide bonds. The van der Waals surface area contributed by atoms with E-state index in [9.17, 15) is 0 Å². The van der Waals surface area contributed by atoms with E-state index in [2.05, 4.69) is 31.3 Å². The van der Waals surface area contributed by atoms with Crippen molar-refractivity contribution in [1.29, 1.82) is 0 Å². The molecule has 88 valence electrons. The summed E-state index contributed by atoms with van der Waals surface area (Å²) < 4.78 is 5.67. The molecule has 16 heavy (non-hydrogen) atoms. The zero-order chi connectivity index (χ0) is 12.0. The van der Waals surface area contributed by atoms with E-state index >= 15 is 0 Å². The van der Waals surface area contributed by atoms with E-state index in [1.807, 2.05) is 13.1 Å². The third-order valence-electron chi connectivity index (χ3n) is 2.49. The Morgan fingerprint density at radius 2 is 2.25 bits per heavy atom. The van der Waals surface area contributed by atoms with Crippen LogP contribution in [0, 0.1) is 6.92 Å². The van der Waals surface area contributed by atoms with Gasteiger partial charge in [0.15, 0.2) is 0 Å². The number of ether oxygens (including phenoxy) is 1. The second-order valence-corrected chi connectivity index (χ2v) is 3.98. The second-order valence-electron chi connectivity index (χ2n) is 3.72. The molecule has 0 bridgehead atoms. The molecular weight excluding hydrogens is 222 g/mol. The second kappa shape index (κ2) is 6.56. The normalized spacial score (nSPS) is 13.0. The number of nitrogens with one attached hydrogen (secondary N) is 1. The van der Waals surface area contributed by atoms with E-state index in [0.29, 0.717) is 6.61 Å². The predicted octanol–water partition coefficient (Wildman–Crippen LogP) is 3.41. The fourth-order valence-corrected chi connectivity index (χ4v) is 1.53. The molecule has 1 aromatic carbocycles. The van der Waals surface area contributed by atoms with Crippen LogP contribution in [0.3, 0.4) is 0 Å². The Balaban J connectivity index is 2.89. The van der Waals surface area contributed by atoms with Crippen LogP contribution >= 0.6 is 11.6 Å². The summed E-state index contributed by atoms with van der Waals surface area (Å²) >= 11 is 5.46. The first kappa shape index (κ1) is 13.1. The smallest absolute Gasteiger partial charge is 0.124 e. The lowest BCUT2D eigenvalue weighted by molar-refractivity contribution is 0.355. The fraction of sp³-hybridized carbons (Fsp3) is 0.385. The van der Waals surface area contributed by atoms with Crippen LogP contribution in [-0.2, 0) is 0 Å². The maximum absolute atomic E-state index is 5.67. The quantitative estimate of drug-likeness (QED) is 0.850. The summed E-state index contributed by atoms with van der Waals surface area (Å²) in [5.41, 5.74) is 3.82. The molecule has 0 fully saturated rings. The molecule has 0 saturated carbocycles. The van der Waals surface area contributed by atoms with Crippen LogP contribution in [0.25, 0.3) is 0 Å². The molecule has 0 aliphatic rings. The molecule has 2 nitrogen and oxygen atoms in total. The summed E-state index contributed by atoms with van der Waals surface area (Å²) in [6.07, 6.45) is 1.78. The van der Waals surface area contributed by atoms with Gasteiger partial charge >= 0.3 is 0 Å². The van der Waals surface area contributed by atoms with Crippen LogP contribution in [-0.4, -0.2) is 13.7 Å². The minimum atomic E-state index is 0.274. The van der Waals surface area contributed by atoms with Gasteiger partial charge in [-0.05, 0) is 38.6 Å². The largest absolute Gasteiger partial charge is 0.489 e. The van der Waals surface area contributed by atoms with Crippen molar-refractivity contribution < 1.29 is 4.74 Å². The lowest BCUT2D eigenvalue weighted by Gasteiger charge is -2.16. The molecule has 1 rings (SSSR count). The predicted molar refractivity (Wildman–Crippen MR) is 69.1 cm³/mol. The highest BCUT2D eigenvalue weighted by Gasteiger charge is 2.09. The van der Waals surface area contributed by atoms with Gasteiger partial charge in [0, 0.05) is 17.1 Å². The maximum atomic E-state index is 5.67. The number of hydrogen-bond donors (Lipinski definition) is 1. The molecular formula is C13H18ClNO. The minimum absolute atomic E-state index is 0.274. The van der Waals surface area contributed by atoms with E-state index in [4.69, 9.17) is 16.3 Å². The molecule has 0 aliphatic carbocycles. The highest BCUT2D eigenvalue weighted by atomic mass is 35.5. The van der Waals surface area contributed by atoms with Crippen LogP contribution in [0.1, 0.15) is 24.1 Å². The topological polar surface area (TPSA) is 21.3 Å². The van der Waals surface area contributed by atoms with Gasteiger partial charge < -0.3 is 10.1 Å². The summed E-state index contributed by atoms with van der Waals surface area (Å²) in [5.74, 6) is 0.914. The van der Waals surface area contributed by atoms with Crippen LogP contribution in [0.2, 0.25) is 0 Å². The van der Waals surface area contributed by atoms with Crippen molar-refractivity contribution in [2.45, 2.75) is 19.9 Å². The number of hydrogen-bond acceptors (Lipinski definition) is 2. The monoisotopic (exact) mass is 239 g/mol. The molecule has 0 heterocycles. The van der Waals surface area contributed by atoms with E-state index < -0.39 is 0 Å². The van der Waals surface area contributed by atoms with Gasteiger partial charge in [0.2, 0.25) is 0 Å². The summed E-state index contributed by atoms with van der Waals surface area (Å²) in [6.45, 7) is 4.66. The maximum Gasteiger partial charge on any atom is 0.124 e. The molecule has 1 aromatic rings. The van der Waals surface area contributed by atoms with Crippen molar-refractivity contribution >= 4 is 11.6 Å². The molecule has 3 heteroatoms. The van der Waals surface area contributed by atoms with Crippen molar-refractivity contribution in [3.63, 3.8) is 0 Å². The highest BCUT2D eigenvalue weighted by molar-refractivity contribution is 6.25. The zero-order valence-electron chi connectivity index (χ0n) is 9.96.